The minimum absolute atomic E-state index is 0.171. The molecule has 186 valence electrons. The van der Waals surface area contributed by atoms with E-state index in [0.717, 1.165) is 34.6 Å². The molecular weight excluding hydrogens is 476 g/mol. The molecule has 1 amide bonds. The fourth-order valence-corrected chi connectivity index (χ4v) is 6.09. The summed E-state index contributed by atoms with van der Waals surface area (Å²) in [4.78, 5) is 13.0. The van der Waals surface area contributed by atoms with Crippen LogP contribution in [0.3, 0.4) is 0 Å². The molecule has 5 nitrogen and oxygen atoms in total. The highest BCUT2D eigenvalue weighted by Crippen LogP contribution is 2.28. The number of amides is 1. The largest absolute Gasteiger partial charge is 0.354 e. The van der Waals surface area contributed by atoms with Crippen LogP contribution in [0, 0.1) is 27.7 Å². The van der Waals surface area contributed by atoms with Crippen molar-refractivity contribution in [2.75, 3.05) is 23.1 Å². The molecule has 35 heavy (non-hydrogen) atoms. The number of nitrogens with zero attached hydrogens (tertiary/aromatic N) is 1. The van der Waals surface area contributed by atoms with Gasteiger partial charge >= 0.3 is 0 Å². The van der Waals surface area contributed by atoms with Crippen LogP contribution >= 0.6 is 11.8 Å². The Labute approximate surface area is 214 Å². The van der Waals surface area contributed by atoms with Crippen molar-refractivity contribution < 1.29 is 13.2 Å². The van der Waals surface area contributed by atoms with Gasteiger partial charge in [0.1, 0.15) is 6.54 Å². The smallest absolute Gasteiger partial charge is 0.264 e. The van der Waals surface area contributed by atoms with Crippen molar-refractivity contribution in [3.8, 4) is 0 Å². The van der Waals surface area contributed by atoms with Gasteiger partial charge in [-0.25, -0.2) is 8.42 Å². The Kier molecular flexibility index (Phi) is 9.40. The maximum atomic E-state index is 13.6. The van der Waals surface area contributed by atoms with Crippen molar-refractivity contribution in [2.45, 2.75) is 44.8 Å². The molecule has 0 aliphatic carbocycles. The average Bonchev–Trinajstić information content (AvgIpc) is 2.81. The maximum absolute atomic E-state index is 13.6. The first-order valence-electron chi connectivity index (χ1n) is 11.7. The van der Waals surface area contributed by atoms with E-state index in [-0.39, 0.29) is 17.3 Å². The third kappa shape index (κ3) is 7.61. The zero-order valence-electron chi connectivity index (χ0n) is 20.9. The Morgan fingerprint density at radius 1 is 0.886 bits per heavy atom. The number of thioether (sulfide) groups is 1. The second kappa shape index (κ2) is 12.3. The Hall–Kier alpha value is -2.77. The van der Waals surface area contributed by atoms with Gasteiger partial charge < -0.3 is 5.32 Å². The number of hydrogen-bond acceptors (Lipinski definition) is 4. The monoisotopic (exact) mass is 510 g/mol. The maximum Gasteiger partial charge on any atom is 0.264 e. The average molecular weight is 511 g/mol. The Balaban J connectivity index is 1.63. The lowest BCUT2D eigenvalue weighted by atomic mass is 10.1. The summed E-state index contributed by atoms with van der Waals surface area (Å²) in [7, 11) is -3.91. The summed E-state index contributed by atoms with van der Waals surface area (Å²) in [6.45, 7) is 8.00. The van der Waals surface area contributed by atoms with Crippen molar-refractivity contribution in [3.05, 3.63) is 94.5 Å². The molecule has 0 unspecified atom stereocenters. The van der Waals surface area contributed by atoms with Gasteiger partial charge in [0.2, 0.25) is 5.91 Å². The van der Waals surface area contributed by atoms with Crippen LogP contribution in [0.15, 0.2) is 71.6 Å². The standard InChI is InChI=1S/C28H34N2O3S2/c1-21-10-13-26(14-11-21)35(32,33)30(27-18-23(3)9-12-24(27)4)19-28(31)29-15-6-16-34-20-25-8-5-7-22(2)17-25/h5,7-14,17-18H,6,15-16,19-20H2,1-4H3,(H,29,31). The summed E-state index contributed by atoms with van der Waals surface area (Å²) in [5.41, 5.74) is 5.77. The zero-order chi connectivity index (χ0) is 25.4. The predicted molar refractivity (Wildman–Crippen MR) is 147 cm³/mol. The number of nitrogens with one attached hydrogen (secondary N) is 1. The first-order chi connectivity index (χ1) is 16.7. The molecule has 3 rings (SSSR count). The minimum Gasteiger partial charge on any atom is -0.354 e. The summed E-state index contributed by atoms with van der Waals surface area (Å²) in [5.74, 6) is 1.53. The van der Waals surface area contributed by atoms with E-state index < -0.39 is 10.0 Å². The Bertz CT molecular complexity index is 1260. The van der Waals surface area contributed by atoms with Gasteiger partial charge in [0.05, 0.1) is 10.6 Å². The molecule has 0 spiro atoms. The fraction of sp³-hybridized carbons (Fsp3) is 0.321. The molecule has 1 N–H and O–H groups in total. The van der Waals surface area contributed by atoms with Gasteiger partial charge in [-0.2, -0.15) is 11.8 Å². The first kappa shape index (κ1) is 26.8. The third-order valence-electron chi connectivity index (χ3n) is 5.67. The number of rotatable bonds is 11. The van der Waals surface area contributed by atoms with Crippen molar-refractivity contribution in [3.63, 3.8) is 0 Å². The second-order valence-corrected chi connectivity index (χ2v) is 11.8. The van der Waals surface area contributed by atoms with Crippen LogP contribution in [0.5, 0.6) is 0 Å². The van der Waals surface area contributed by atoms with Gasteiger partial charge in [0.15, 0.2) is 0 Å². The summed E-state index contributed by atoms with van der Waals surface area (Å²) in [6.07, 6.45) is 0.816. The van der Waals surface area contributed by atoms with Crippen LogP contribution in [0.4, 0.5) is 5.69 Å². The van der Waals surface area contributed by atoms with Crippen LogP contribution in [0.25, 0.3) is 0 Å². The molecule has 0 radical (unpaired) electrons. The molecule has 0 fully saturated rings. The van der Waals surface area contributed by atoms with Gasteiger partial charge in [-0.3, -0.25) is 9.10 Å². The van der Waals surface area contributed by atoms with Crippen molar-refractivity contribution in [1.82, 2.24) is 5.32 Å². The van der Waals surface area contributed by atoms with Gasteiger partial charge in [0.25, 0.3) is 10.0 Å². The van der Waals surface area contributed by atoms with E-state index in [9.17, 15) is 13.2 Å². The van der Waals surface area contributed by atoms with Gasteiger partial charge in [-0.1, -0.05) is 59.7 Å². The SMILES string of the molecule is Cc1ccc(S(=O)(=O)N(CC(=O)NCCCSCc2cccc(C)c2)c2cc(C)ccc2C)cc1. The molecule has 0 bridgehead atoms. The molecule has 0 saturated heterocycles. The summed E-state index contributed by atoms with van der Waals surface area (Å²) in [5, 5.41) is 2.90. The van der Waals surface area contributed by atoms with E-state index in [1.807, 2.05) is 50.7 Å². The molecule has 0 aromatic heterocycles. The summed E-state index contributed by atoms with van der Waals surface area (Å²) >= 11 is 1.83. The van der Waals surface area contributed by atoms with Crippen LogP contribution in [0.2, 0.25) is 0 Å². The number of carbonyl (C=O) groups is 1. The lowest BCUT2D eigenvalue weighted by Gasteiger charge is -2.26. The van der Waals surface area contributed by atoms with E-state index in [2.05, 4.69) is 36.5 Å². The van der Waals surface area contributed by atoms with Gasteiger partial charge in [0, 0.05) is 12.3 Å². The van der Waals surface area contributed by atoms with Gasteiger partial charge in [-0.05, 0) is 74.8 Å². The molecule has 3 aromatic rings. The normalized spacial score (nSPS) is 11.3. The van der Waals surface area contributed by atoms with Crippen molar-refractivity contribution in [2.24, 2.45) is 0 Å². The van der Waals surface area contributed by atoms with Gasteiger partial charge in [-0.15, -0.1) is 0 Å². The summed E-state index contributed by atoms with van der Waals surface area (Å²) in [6, 6.07) is 20.8. The highest BCUT2D eigenvalue weighted by molar-refractivity contribution is 7.98. The second-order valence-electron chi connectivity index (χ2n) is 8.86. The molecule has 0 heterocycles. The quantitative estimate of drug-likeness (QED) is 0.343. The molecule has 3 aromatic carbocycles. The van der Waals surface area contributed by atoms with Crippen molar-refractivity contribution >= 4 is 33.4 Å². The fourth-order valence-electron chi connectivity index (χ4n) is 3.71. The number of benzene rings is 3. The predicted octanol–water partition coefficient (Wildman–Crippen LogP) is 5.56. The van der Waals surface area contributed by atoms with E-state index in [1.165, 1.54) is 15.4 Å². The third-order valence-corrected chi connectivity index (χ3v) is 8.56. The zero-order valence-corrected chi connectivity index (χ0v) is 22.5. The van der Waals surface area contributed by atoms with E-state index in [4.69, 9.17) is 0 Å². The lowest BCUT2D eigenvalue weighted by Crippen LogP contribution is -2.41. The first-order valence-corrected chi connectivity index (χ1v) is 14.3. The van der Waals surface area contributed by atoms with Crippen LogP contribution in [0.1, 0.15) is 34.2 Å². The van der Waals surface area contributed by atoms with Crippen molar-refractivity contribution in [1.29, 1.82) is 0 Å². The van der Waals surface area contributed by atoms with Crippen LogP contribution < -0.4 is 9.62 Å². The molecule has 0 aliphatic rings. The van der Waals surface area contributed by atoms with Crippen LogP contribution in [-0.4, -0.2) is 33.2 Å². The molecular formula is C28H34N2O3S2. The van der Waals surface area contributed by atoms with E-state index in [1.54, 1.807) is 24.3 Å². The van der Waals surface area contributed by atoms with E-state index in [0.29, 0.717) is 12.2 Å². The number of anilines is 1. The molecule has 7 heteroatoms. The van der Waals surface area contributed by atoms with E-state index >= 15 is 0 Å². The topological polar surface area (TPSA) is 66.5 Å². The number of carbonyl (C=O) groups excluding carboxylic acids is 1. The summed E-state index contributed by atoms with van der Waals surface area (Å²) < 4.78 is 28.3. The number of hydrogen-bond donors (Lipinski definition) is 1. The highest BCUT2D eigenvalue weighted by atomic mass is 32.2. The minimum atomic E-state index is -3.91. The van der Waals surface area contributed by atoms with Crippen LogP contribution in [-0.2, 0) is 20.6 Å². The molecule has 0 atom stereocenters. The lowest BCUT2D eigenvalue weighted by molar-refractivity contribution is -0.119. The Morgan fingerprint density at radius 3 is 2.29 bits per heavy atom. The number of sulfonamides is 1. The number of aryl methyl sites for hydroxylation is 4. The molecule has 0 saturated carbocycles. The Morgan fingerprint density at radius 2 is 1.57 bits per heavy atom. The molecule has 0 aliphatic heterocycles. The highest BCUT2D eigenvalue weighted by Gasteiger charge is 2.28.